The number of hydrogen-bond acceptors (Lipinski definition) is 3. The summed E-state index contributed by atoms with van der Waals surface area (Å²) in [5, 5.41) is 3.02. The third-order valence-electron chi connectivity index (χ3n) is 6.48. The van der Waals surface area contributed by atoms with E-state index in [9.17, 15) is 9.18 Å². The number of piperidine rings is 1. The second-order valence-corrected chi connectivity index (χ2v) is 8.65. The molecular weight excluding hydrogens is 379 g/mol. The Hall–Kier alpha value is -2.60. The van der Waals surface area contributed by atoms with Gasteiger partial charge in [-0.2, -0.15) is 0 Å². The van der Waals surface area contributed by atoms with Crippen LogP contribution >= 0.6 is 0 Å². The zero-order valence-corrected chi connectivity index (χ0v) is 17.9. The maximum Gasteiger partial charge on any atom is 0.321 e. The molecule has 0 radical (unpaired) electrons. The van der Waals surface area contributed by atoms with Crippen molar-refractivity contribution in [3.63, 3.8) is 0 Å². The Morgan fingerprint density at radius 2 is 1.77 bits per heavy atom. The van der Waals surface area contributed by atoms with Gasteiger partial charge < -0.3 is 20.0 Å². The number of rotatable bonds is 4. The molecule has 2 aliphatic heterocycles. The van der Waals surface area contributed by atoms with Crippen LogP contribution in [0.3, 0.4) is 0 Å². The number of amides is 2. The number of likely N-dealkylation sites (tertiary alicyclic amines) is 1. The van der Waals surface area contributed by atoms with Crippen molar-refractivity contribution in [1.82, 2.24) is 9.80 Å². The van der Waals surface area contributed by atoms with Crippen molar-refractivity contribution in [3.8, 4) is 0 Å². The zero-order valence-electron chi connectivity index (χ0n) is 17.9. The summed E-state index contributed by atoms with van der Waals surface area (Å²) in [6.07, 6.45) is 2.90. The summed E-state index contributed by atoms with van der Waals surface area (Å²) in [5.74, 6) is 0.123. The number of halogens is 1. The van der Waals surface area contributed by atoms with Gasteiger partial charge in [-0.3, -0.25) is 0 Å². The van der Waals surface area contributed by atoms with Crippen LogP contribution in [0.5, 0.6) is 0 Å². The molecule has 0 saturated carbocycles. The lowest BCUT2D eigenvalue weighted by molar-refractivity contribution is 0.194. The second-order valence-electron chi connectivity index (χ2n) is 8.65. The van der Waals surface area contributed by atoms with Gasteiger partial charge in [-0.25, -0.2) is 9.18 Å². The van der Waals surface area contributed by atoms with Crippen LogP contribution in [-0.4, -0.2) is 62.1 Å². The molecule has 2 amide bonds. The van der Waals surface area contributed by atoms with Crippen LogP contribution in [0.25, 0.3) is 0 Å². The lowest BCUT2D eigenvalue weighted by Crippen LogP contribution is -2.40. The highest BCUT2D eigenvalue weighted by Gasteiger charge is 2.25. The van der Waals surface area contributed by atoms with E-state index in [1.807, 2.05) is 23.1 Å². The predicted molar refractivity (Wildman–Crippen MR) is 120 cm³/mol. The summed E-state index contributed by atoms with van der Waals surface area (Å²) >= 11 is 0. The first-order valence-corrected chi connectivity index (χ1v) is 10.8. The molecule has 1 N–H and O–H groups in total. The minimum Gasteiger partial charge on any atom is -0.370 e. The number of carbonyl (C=O) groups is 1. The molecular formula is C24H31FN4O. The SMILES string of the molecule is CN(C)C1CCN(c2ccc(NC(=O)N3CCC(c4cccc(F)c4)CC3)cc2)C1. The first-order chi connectivity index (χ1) is 14.5. The monoisotopic (exact) mass is 410 g/mol. The molecule has 2 aliphatic rings. The highest BCUT2D eigenvalue weighted by Crippen LogP contribution is 2.29. The Balaban J connectivity index is 1.28. The zero-order chi connectivity index (χ0) is 21.1. The first-order valence-electron chi connectivity index (χ1n) is 10.8. The molecule has 2 aromatic carbocycles. The molecule has 30 heavy (non-hydrogen) atoms. The van der Waals surface area contributed by atoms with Crippen molar-refractivity contribution in [3.05, 3.63) is 59.9 Å². The lowest BCUT2D eigenvalue weighted by Gasteiger charge is -2.32. The minimum absolute atomic E-state index is 0.0608. The fraction of sp³-hybridized carbons (Fsp3) is 0.458. The van der Waals surface area contributed by atoms with Crippen molar-refractivity contribution in [1.29, 1.82) is 0 Å². The highest BCUT2D eigenvalue weighted by atomic mass is 19.1. The average molecular weight is 411 g/mol. The largest absolute Gasteiger partial charge is 0.370 e. The Labute approximate surface area is 178 Å². The number of benzene rings is 2. The summed E-state index contributed by atoms with van der Waals surface area (Å²) in [6.45, 7) is 3.48. The number of anilines is 2. The summed E-state index contributed by atoms with van der Waals surface area (Å²) in [4.78, 5) is 19.2. The van der Waals surface area contributed by atoms with Gasteiger partial charge >= 0.3 is 6.03 Å². The maximum absolute atomic E-state index is 13.5. The Kier molecular flexibility index (Phi) is 6.23. The van der Waals surface area contributed by atoms with Gasteiger partial charge in [-0.05, 0) is 81.2 Å². The van der Waals surface area contributed by atoms with Crippen LogP contribution in [0.15, 0.2) is 48.5 Å². The molecule has 2 heterocycles. The van der Waals surface area contributed by atoms with Crippen LogP contribution < -0.4 is 10.2 Å². The normalized spacial score (nSPS) is 20.1. The number of urea groups is 1. The summed E-state index contributed by atoms with van der Waals surface area (Å²) in [5.41, 5.74) is 3.05. The molecule has 2 saturated heterocycles. The lowest BCUT2D eigenvalue weighted by atomic mass is 9.89. The first kappa shape index (κ1) is 20.7. The van der Waals surface area contributed by atoms with Gasteiger partial charge in [0, 0.05) is 43.6 Å². The fourth-order valence-corrected chi connectivity index (χ4v) is 4.53. The van der Waals surface area contributed by atoms with Crippen molar-refractivity contribution >= 4 is 17.4 Å². The van der Waals surface area contributed by atoms with Gasteiger partial charge in [-0.15, -0.1) is 0 Å². The Bertz CT molecular complexity index is 862. The van der Waals surface area contributed by atoms with Gasteiger partial charge in [0.25, 0.3) is 0 Å². The quantitative estimate of drug-likeness (QED) is 0.813. The van der Waals surface area contributed by atoms with Crippen LogP contribution in [0.1, 0.15) is 30.7 Å². The highest BCUT2D eigenvalue weighted by molar-refractivity contribution is 5.89. The number of nitrogens with one attached hydrogen (secondary N) is 1. The van der Waals surface area contributed by atoms with Gasteiger partial charge in [0.15, 0.2) is 0 Å². The number of likely N-dealkylation sites (N-methyl/N-ethyl adjacent to an activating group) is 1. The van der Waals surface area contributed by atoms with Crippen molar-refractivity contribution in [2.45, 2.75) is 31.2 Å². The molecule has 5 nitrogen and oxygen atoms in total. The van der Waals surface area contributed by atoms with E-state index in [0.717, 1.165) is 37.2 Å². The van der Waals surface area contributed by atoms with E-state index in [0.29, 0.717) is 25.0 Å². The standard InChI is InChI=1S/C24H31FN4O/c1-27(2)23-12-15-29(17-23)22-8-6-21(7-9-22)26-24(30)28-13-10-18(11-14-28)19-4-3-5-20(25)16-19/h3-9,16,18,23H,10-15,17H2,1-2H3,(H,26,30). The molecule has 1 atom stereocenters. The van der Waals surface area contributed by atoms with Crippen LogP contribution in [0.4, 0.5) is 20.6 Å². The third-order valence-corrected chi connectivity index (χ3v) is 6.48. The molecule has 0 aliphatic carbocycles. The van der Waals surface area contributed by atoms with Crippen molar-refractivity contribution < 1.29 is 9.18 Å². The van der Waals surface area contributed by atoms with E-state index < -0.39 is 0 Å². The number of carbonyl (C=O) groups excluding carboxylic acids is 1. The average Bonchev–Trinajstić information content (AvgIpc) is 3.25. The molecule has 6 heteroatoms. The molecule has 0 spiro atoms. The van der Waals surface area contributed by atoms with E-state index in [-0.39, 0.29) is 11.8 Å². The van der Waals surface area contributed by atoms with Crippen molar-refractivity contribution in [2.24, 2.45) is 0 Å². The third kappa shape index (κ3) is 4.75. The molecule has 4 rings (SSSR count). The minimum atomic E-state index is -0.192. The van der Waals surface area contributed by atoms with Crippen LogP contribution in [0.2, 0.25) is 0 Å². The Morgan fingerprint density at radius 3 is 2.40 bits per heavy atom. The van der Waals surface area contributed by atoms with E-state index >= 15 is 0 Å². The van der Waals surface area contributed by atoms with Crippen LogP contribution in [-0.2, 0) is 0 Å². The summed E-state index contributed by atoms with van der Waals surface area (Å²) in [6, 6.07) is 15.5. The smallest absolute Gasteiger partial charge is 0.321 e. The van der Waals surface area contributed by atoms with Gasteiger partial charge in [0.2, 0.25) is 0 Å². The summed E-state index contributed by atoms with van der Waals surface area (Å²) < 4.78 is 13.5. The number of nitrogens with zero attached hydrogens (tertiary/aromatic N) is 3. The second kappa shape index (κ2) is 9.04. The molecule has 0 aromatic heterocycles. The Morgan fingerprint density at radius 1 is 1.03 bits per heavy atom. The molecule has 1 unspecified atom stereocenters. The fourth-order valence-electron chi connectivity index (χ4n) is 4.53. The van der Waals surface area contributed by atoms with E-state index in [1.165, 1.54) is 18.2 Å². The van der Waals surface area contributed by atoms with Crippen molar-refractivity contribution in [2.75, 3.05) is 50.5 Å². The molecule has 2 aromatic rings. The van der Waals surface area contributed by atoms with Gasteiger partial charge in [-0.1, -0.05) is 12.1 Å². The van der Waals surface area contributed by atoms with Gasteiger partial charge in [0.05, 0.1) is 0 Å². The van der Waals surface area contributed by atoms with E-state index in [1.54, 1.807) is 12.1 Å². The van der Waals surface area contributed by atoms with E-state index in [2.05, 4.69) is 41.3 Å². The summed E-state index contributed by atoms with van der Waals surface area (Å²) in [7, 11) is 4.27. The topological polar surface area (TPSA) is 38.8 Å². The molecule has 0 bridgehead atoms. The van der Waals surface area contributed by atoms with Gasteiger partial charge in [0.1, 0.15) is 5.82 Å². The number of hydrogen-bond donors (Lipinski definition) is 1. The van der Waals surface area contributed by atoms with Crippen LogP contribution in [0, 0.1) is 5.82 Å². The van der Waals surface area contributed by atoms with E-state index in [4.69, 9.17) is 0 Å². The predicted octanol–water partition coefficient (Wildman–Crippen LogP) is 4.38. The molecule has 2 fully saturated rings. The molecule has 160 valence electrons. The maximum atomic E-state index is 13.5.